The van der Waals surface area contributed by atoms with Gasteiger partial charge in [-0.2, -0.15) is 0 Å². The van der Waals surface area contributed by atoms with Crippen LogP contribution in [0.5, 0.6) is 0 Å². The first-order chi connectivity index (χ1) is 19.9. The topological polar surface area (TPSA) is 31.2 Å². The number of hydrogen-bond donors (Lipinski definition) is 0. The number of carbonyl (C=O) groups excluding carboxylic acids is 1. The van der Waals surface area contributed by atoms with E-state index in [1.165, 1.54) is 86.2 Å². The Morgan fingerprint density at radius 3 is 1.45 bits per heavy atom. The molecular weight excluding hydrogens is 768 g/mol. The molecule has 3 aromatic heterocycles. The third-order valence-corrected chi connectivity index (χ3v) is 29.2. The number of nitrogens with zero attached hydrogens (tertiary/aromatic N) is 1. The zero-order valence-corrected chi connectivity index (χ0v) is 35.2. The molecule has 0 aliphatic heterocycles. The number of unbranched alkanes of at least 4 members (excludes halogenated alkanes) is 11. The predicted molar refractivity (Wildman–Crippen MR) is 194 cm³/mol. The van der Waals surface area contributed by atoms with Crippen molar-refractivity contribution in [3.8, 4) is 21.1 Å². The number of thiophene rings is 2. The van der Waals surface area contributed by atoms with E-state index in [2.05, 4.69) is 79.9 Å². The van der Waals surface area contributed by atoms with Gasteiger partial charge in [0.15, 0.2) is 0 Å². The average Bonchev–Trinajstić information content (AvgIpc) is 3.67. The van der Waals surface area contributed by atoms with Gasteiger partial charge in [-0.3, -0.25) is 0 Å². The monoisotopic (exact) mass is 827 g/mol. The first-order valence-electron chi connectivity index (χ1n) is 16.6. The second-order valence-electron chi connectivity index (χ2n) is 14.1. The summed E-state index contributed by atoms with van der Waals surface area (Å²) in [4.78, 5) is 30.8. The molecule has 0 saturated carbocycles. The van der Waals surface area contributed by atoms with Gasteiger partial charge in [-0.1, -0.05) is 64.7 Å². The van der Waals surface area contributed by atoms with E-state index in [9.17, 15) is 4.79 Å². The van der Waals surface area contributed by atoms with Crippen LogP contribution in [0, 0.1) is 0 Å². The third-order valence-electron chi connectivity index (χ3n) is 8.02. The number of carbonyl (C=O) groups is 1. The second kappa shape index (κ2) is 17.4. The van der Waals surface area contributed by atoms with Crippen molar-refractivity contribution in [2.24, 2.45) is 0 Å². The van der Waals surface area contributed by atoms with Crippen molar-refractivity contribution >= 4 is 71.3 Å². The third kappa shape index (κ3) is 11.3. The van der Waals surface area contributed by atoms with E-state index in [1.54, 1.807) is 0 Å². The molecule has 234 valence electrons. The minimum absolute atomic E-state index is 0.0851. The van der Waals surface area contributed by atoms with E-state index < -0.39 is 36.8 Å². The van der Waals surface area contributed by atoms with Crippen LogP contribution in [-0.4, -0.2) is 53.5 Å². The van der Waals surface area contributed by atoms with Gasteiger partial charge in [0.1, 0.15) is 0 Å². The molecule has 3 nitrogen and oxygen atoms in total. The molecular formula is C35H57NO2S2Sn2. The first kappa shape index (κ1) is 36.2. The minimum atomic E-state index is -2.20. The summed E-state index contributed by atoms with van der Waals surface area (Å²) < 4.78 is 11.0. The van der Waals surface area contributed by atoms with E-state index >= 15 is 0 Å². The fourth-order valence-corrected chi connectivity index (χ4v) is 17.9. The van der Waals surface area contributed by atoms with Crippen LogP contribution in [-0.2, 0) is 4.74 Å². The Labute approximate surface area is 273 Å². The van der Waals surface area contributed by atoms with E-state index in [0.717, 1.165) is 24.2 Å². The summed E-state index contributed by atoms with van der Waals surface area (Å²) in [5.41, 5.74) is 1.93. The van der Waals surface area contributed by atoms with E-state index in [4.69, 9.17) is 4.74 Å². The summed E-state index contributed by atoms with van der Waals surface area (Å²) in [6, 6.07) is 13.3. The molecule has 0 saturated heterocycles. The number of rotatable bonds is 18. The fraction of sp³-hybridized carbons (Fsp3) is 0.629. The molecule has 7 heteroatoms. The van der Waals surface area contributed by atoms with Gasteiger partial charge in [-0.05, 0) is 0 Å². The van der Waals surface area contributed by atoms with Crippen molar-refractivity contribution in [1.29, 1.82) is 0 Å². The Balaban J connectivity index is 1.60. The van der Waals surface area contributed by atoms with Crippen LogP contribution in [0.15, 0.2) is 36.4 Å². The molecule has 0 fully saturated rings. The summed E-state index contributed by atoms with van der Waals surface area (Å²) in [5, 5.41) is 0. The van der Waals surface area contributed by atoms with E-state index in [1.807, 2.05) is 27.2 Å². The maximum absolute atomic E-state index is 13.8. The van der Waals surface area contributed by atoms with Crippen LogP contribution in [0.1, 0.15) is 97.3 Å². The van der Waals surface area contributed by atoms with E-state index in [0.29, 0.717) is 0 Å². The molecule has 3 rings (SSSR count). The molecule has 0 aromatic carbocycles. The quantitative estimate of drug-likeness (QED) is 0.0945. The zero-order valence-electron chi connectivity index (χ0n) is 27.8. The molecule has 42 heavy (non-hydrogen) atoms. The molecule has 3 aromatic rings. The summed E-state index contributed by atoms with van der Waals surface area (Å²) in [6.07, 6.45) is 16.7. The Morgan fingerprint density at radius 1 is 0.667 bits per heavy atom. The van der Waals surface area contributed by atoms with Crippen molar-refractivity contribution in [3.05, 3.63) is 36.4 Å². The fourth-order valence-electron chi connectivity index (χ4n) is 5.33. The molecule has 0 amide bonds. The van der Waals surface area contributed by atoms with Crippen molar-refractivity contribution in [2.75, 3.05) is 0 Å². The van der Waals surface area contributed by atoms with Gasteiger partial charge in [0.2, 0.25) is 0 Å². The van der Waals surface area contributed by atoms with Crippen LogP contribution in [0.3, 0.4) is 0 Å². The first-order valence-corrected chi connectivity index (χ1v) is 38.2. The Bertz CT molecular complexity index is 1160. The Morgan fingerprint density at radius 2 is 1.07 bits per heavy atom. The van der Waals surface area contributed by atoms with Gasteiger partial charge in [0.25, 0.3) is 0 Å². The van der Waals surface area contributed by atoms with Crippen molar-refractivity contribution < 1.29 is 9.53 Å². The Hall–Kier alpha value is -0.253. The van der Waals surface area contributed by atoms with Gasteiger partial charge in [0, 0.05) is 0 Å². The molecule has 0 radical (unpaired) electrons. The van der Waals surface area contributed by atoms with Crippen LogP contribution < -0.4 is 5.79 Å². The number of aromatic nitrogens is 1. The summed E-state index contributed by atoms with van der Waals surface area (Å²) in [5.74, 6) is 0. The van der Waals surface area contributed by atoms with E-state index in [-0.39, 0.29) is 12.2 Å². The molecule has 0 spiro atoms. The summed E-state index contributed by atoms with van der Waals surface area (Å²) >= 11 is -0.655. The Kier molecular flexibility index (Phi) is 15.0. The summed E-state index contributed by atoms with van der Waals surface area (Å²) in [6.45, 7) is 4.35. The molecule has 1 atom stereocenters. The molecule has 0 aliphatic carbocycles. The predicted octanol–water partition coefficient (Wildman–Crippen LogP) is 11.5. The molecule has 0 bridgehead atoms. The van der Waals surface area contributed by atoms with Gasteiger partial charge >= 0.3 is 211 Å². The van der Waals surface area contributed by atoms with Crippen molar-refractivity contribution in [1.82, 2.24) is 4.57 Å². The van der Waals surface area contributed by atoms with Crippen LogP contribution in [0.4, 0.5) is 4.79 Å². The molecule has 0 aliphatic rings. The van der Waals surface area contributed by atoms with Gasteiger partial charge < -0.3 is 0 Å². The standard InChI is InChI=1S/C29H39NO2S2.6CH3.2Sn/c1-3-4-5-6-7-8-9-10-11-12-13-14-17-24(2)32-29(31)30-25(27-18-15-22-33-27)20-21-26(30)28-19-16-23-34-28;;;;;;;;/h15-16,18-21,24H,3-14,17H2,1-2H3;6*1H3;;. The average molecular weight is 825 g/mol. The maximum atomic E-state index is 13.8. The van der Waals surface area contributed by atoms with Gasteiger partial charge in [-0.25, -0.2) is 0 Å². The van der Waals surface area contributed by atoms with Gasteiger partial charge in [-0.15, -0.1) is 0 Å². The number of hydrogen-bond acceptors (Lipinski definition) is 4. The summed E-state index contributed by atoms with van der Waals surface area (Å²) in [7, 11) is 0. The van der Waals surface area contributed by atoms with Crippen LogP contribution >= 0.6 is 22.7 Å². The number of ether oxygens (including phenoxy) is 1. The SMILES string of the molecule is CCCCCCCCCCCCCCC(C)OC(=O)n1c(-c2cc[c]([Sn]([CH3])([CH3])[CH3])s2)ccc1-c1cc[c]([Sn]([CH3])([CH3])[CH3])s1. The van der Waals surface area contributed by atoms with Crippen molar-refractivity contribution in [2.45, 2.75) is 133 Å². The molecule has 0 N–H and O–H groups in total. The van der Waals surface area contributed by atoms with Crippen LogP contribution in [0.2, 0.25) is 29.6 Å². The van der Waals surface area contributed by atoms with Gasteiger partial charge in [0.05, 0.1) is 0 Å². The molecule has 3 heterocycles. The molecule has 1 unspecified atom stereocenters. The van der Waals surface area contributed by atoms with Crippen LogP contribution in [0.25, 0.3) is 21.1 Å². The second-order valence-corrected chi connectivity index (χ2v) is 47.1. The normalized spacial score (nSPS) is 13.0. The zero-order chi connectivity index (χ0) is 30.8. The van der Waals surface area contributed by atoms with Crippen molar-refractivity contribution in [3.63, 3.8) is 0 Å².